The molecular weight excluding hydrogens is 247 g/mol. The maximum absolute atomic E-state index is 12.9. The van der Waals surface area contributed by atoms with Gasteiger partial charge in [0.15, 0.2) is 0 Å². The van der Waals surface area contributed by atoms with Crippen molar-refractivity contribution in [3.05, 3.63) is 71.1 Å². The molecule has 2 aromatic heterocycles. The first kappa shape index (κ1) is 11.4. The summed E-state index contributed by atoms with van der Waals surface area (Å²) in [5.74, 6) is -0.344. The van der Waals surface area contributed by atoms with Crippen LogP contribution in [0.15, 0.2) is 64.2 Å². The fourth-order valence-electron chi connectivity index (χ4n) is 1.83. The third-order valence-corrected chi connectivity index (χ3v) is 2.69. The van der Waals surface area contributed by atoms with Crippen molar-refractivity contribution in [2.45, 2.75) is 0 Å². The highest BCUT2D eigenvalue weighted by Crippen LogP contribution is 2.21. The number of aromatic nitrogens is 2. The Kier molecular flexibility index (Phi) is 2.72. The van der Waals surface area contributed by atoms with Gasteiger partial charge in [0, 0.05) is 18.0 Å². The smallest absolute Gasteiger partial charge is 0.331 e. The summed E-state index contributed by atoms with van der Waals surface area (Å²) in [4.78, 5) is 15.4. The molecule has 2 heterocycles. The quantitative estimate of drug-likeness (QED) is 0.708. The predicted molar refractivity (Wildman–Crippen MR) is 67.5 cm³/mol. The van der Waals surface area contributed by atoms with Crippen LogP contribution in [0, 0.1) is 5.82 Å². The molecule has 0 atom stereocenters. The van der Waals surface area contributed by atoms with E-state index in [9.17, 15) is 9.18 Å². The molecule has 0 radical (unpaired) electrons. The van der Waals surface area contributed by atoms with Crippen molar-refractivity contribution in [1.82, 2.24) is 9.72 Å². The summed E-state index contributed by atoms with van der Waals surface area (Å²) < 4.78 is 19.4. The Balaban J connectivity index is 2.17. The van der Waals surface area contributed by atoms with E-state index in [-0.39, 0.29) is 5.82 Å². The second kappa shape index (κ2) is 4.53. The highest BCUT2D eigenvalue weighted by Gasteiger charge is 2.11. The summed E-state index contributed by atoms with van der Waals surface area (Å²) in [5.41, 5.74) is 1.51. The molecule has 94 valence electrons. The van der Waals surface area contributed by atoms with E-state index in [0.717, 1.165) is 5.56 Å². The van der Waals surface area contributed by atoms with Crippen molar-refractivity contribution in [1.29, 1.82) is 0 Å². The van der Waals surface area contributed by atoms with E-state index in [1.54, 1.807) is 36.7 Å². The van der Waals surface area contributed by atoms with E-state index >= 15 is 0 Å². The first-order chi connectivity index (χ1) is 9.24. The Bertz CT molecular complexity index is 745. The minimum Gasteiger partial charge on any atom is -0.331 e. The maximum Gasteiger partial charge on any atom is 0.358 e. The number of halogens is 1. The Labute approximate surface area is 107 Å². The van der Waals surface area contributed by atoms with E-state index in [0.29, 0.717) is 11.4 Å². The lowest BCUT2D eigenvalue weighted by Gasteiger charge is -2.05. The Morgan fingerprint density at radius 3 is 2.42 bits per heavy atom. The Morgan fingerprint density at radius 2 is 1.74 bits per heavy atom. The number of rotatable bonds is 2. The Hall–Kier alpha value is -2.69. The van der Waals surface area contributed by atoms with Crippen molar-refractivity contribution in [3.8, 4) is 16.9 Å². The van der Waals surface area contributed by atoms with Crippen LogP contribution < -0.4 is 5.63 Å². The summed E-state index contributed by atoms with van der Waals surface area (Å²) in [6.07, 6.45) is 3.25. The zero-order valence-corrected chi connectivity index (χ0v) is 9.79. The summed E-state index contributed by atoms with van der Waals surface area (Å²) in [5, 5.41) is 0. The molecule has 5 heteroatoms. The van der Waals surface area contributed by atoms with Gasteiger partial charge < -0.3 is 4.52 Å². The molecule has 0 fully saturated rings. The van der Waals surface area contributed by atoms with Gasteiger partial charge in [0.1, 0.15) is 5.82 Å². The lowest BCUT2D eigenvalue weighted by molar-refractivity contribution is 0.326. The molecule has 3 rings (SSSR count). The average Bonchev–Trinajstić information content (AvgIpc) is 2.83. The molecule has 1 aromatic carbocycles. The number of nitrogens with zero attached hydrogens (tertiary/aromatic N) is 2. The van der Waals surface area contributed by atoms with Gasteiger partial charge >= 0.3 is 5.63 Å². The van der Waals surface area contributed by atoms with Crippen LogP contribution in [0.2, 0.25) is 0 Å². The third-order valence-electron chi connectivity index (χ3n) is 2.69. The second-order valence-corrected chi connectivity index (χ2v) is 3.95. The van der Waals surface area contributed by atoms with Crippen LogP contribution in [0.1, 0.15) is 0 Å². The van der Waals surface area contributed by atoms with Crippen LogP contribution >= 0.6 is 0 Å². The van der Waals surface area contributed by atoms with Gasteiger partial charge in [0.2, 0.25) is 0 Å². The molecule has 0 aliphatic rings. The zero-order chi connectivity index (χ0) is 13.2. The van der Waals surface area contributed by atoms with Crippen LogP contribution in [0.3, 0.4) is 0 Å². The van der Waals surface area contributed by atoms with Gasteiger partial charge in [-0.15, -0.1) is 0 Å². The van der Waals surface area contributed by atoms with Crippen LogP contribution in [-0.2, 0) is 0 Å². The molecule has 0 bridgehead atoms. The van der Waals surface area contributed by atoms with E-state index in [2.05, 4.69) is 4.98 Å². The molecule has 0 unspecified atom stereocenters. The first-order valence-corrected chi connectivity index (χ1v) is 5.64. The molecule has 0 saturated carbocycles. The molecule has 0 amide bonds. The number of hydrogen-bond donors (Lipinski definition) is 0. The topological polar surface area (TPSA) is 48.0 Å². The fraction of sp³-hybridized carbons (Fsp3) is 0. The highest BCUT2D eigenvalue weighted by atomic mass is 19.1. The molecular formula is C14H9FN2O2. The van der Waals surface area contributed by atoms with Gasteiger partial charge in [-0.1, -0.05) is 0 Å². The number of benzene rings is 1. The summed E-state index contributed by atoms with van der Waals surface area (Å²) in [7, 11) is 0. The standard InChI is InChI=1S/C14H9FN2O2/c15-11-1-3-12(4-2-11)17-13(9-14(18)19-17)10-5-7-16-8-6-10/h1-9H. The third kappa shape index (κ3) is 2.18. The number of hydrogen-bond acceptors (Lipinski definition) is 3. The molecule has 0 N–H and O–H groups in total. The maximum atomic E-state index is 12.9. The normalized spacial score (nSPS) is 10.6. The van der Waals surface area contributed by atoms with Gasteiger partial charge in [0.05, 0.1) is 17.4 Å². The average molecular weight is 256 g/mol. The van der Waals surface area contributed by atoms with E-state index in [4.69, 9.17) is 4.52 Å². The van der Waals surface area contributed by atoms with E-state index in [1.165, 1.54) is 22.9 Å². The van der Waals surface area contributed by atoms with E-state index < -0.39 is 5.63 Å². The largest absolute Gasteiger partial charge is 0.358 e. The van der Waals surface area contributed by atoms with Crippen molar-refractivity contribution >= 4 is 0 Å². The molecule has 4 nitrogen and oxygen atoms in total. The predicted octanol–water partition coefficient (Wildman–Crippen LogP) is 2.63. The highest BCUT2D eigenvalue weighted by molar-refractivity contribution is 5.60. The van der Waals surface area contributed by atoms with Crippen molar-refractivity contribution in [2.75, 3.05) is 0 Å². The summed E-state index contributed by atoms with van der Waals surface area (Å²) in [6, 6.07) is 10.6. The number of pyridine rings is 1. The second-order valence-electron chi connectivity index (χ2n) is 3.95. The Morgan fingerprint density at radius 1 is 1.05 bits per heavy atom. The zero-order valence-electron chi connectivity index (χ0n) is 9.79. The van der Waals surface area contributed by atoms with Crippen molar-refractivity contribution in [3.63, 3.8) is 0 Å². The molecule has 0 aliphatic carbocycles. The van der Waals surface area contributed by atoms with Gasteiger partial charge in [-0.05, 0) is 36.4 Å². The van der Waals surface area contributed by atoms with Gasteiger partial charge in [-0.3, -0.25) is 4.98 Å². The molecule has 19 heavy (non-hydrogen) atoms. The van der Waals surface area contributed by atoms with E-state index in [1.807, 2.05) is 0 Å². The van der Waals surface area contributed by atoms with Crippen LogP contribution in [0.4, 0.5) is 4.39 Å². The first-order valence-electron chi connectivity index (χ1n) is 5.64. The van der Waals surface area contributed by atoms with Crippen LogP contribution in [0.25, 0.3) is 16.9 Å². The van der Waals surface area contributed by atoms with Crippen molar-refractivity contribution in [2.24, 2.45) is 0 Å². The summed E-state index contributed by atoms with van der Waals surface area (Å²) in [6.45, 7) is 0. The van der Waals surface area contributed by atoms with Crippen LogP contribution in [-0.4, -0.2) is 9.72 Å². The van der Waals surface area contributed by atoms with Gasteiger partial charge in [-0.25, -0.2) is 9.18 Å². The SMILES string of the molecule is O=c1cc(-c2ccncc2)n(-c2ccc(F)cc2)o1. The monoisotopic (exact) mass is 256 g/mol. The molecule has 0 aliphatic heterocycles. The minimum atomic E-state index is -0.462. The van der Waals surface area contributed by atoms with Crippen molar-refractivity contribution < 1.29 is 8.91 Å². The molecule has 3 aromatic rings. The summed E-state index contributed by atoms with van der Waals surface area (Å²) >= 11 is 0. The lowest BCUT2D eigenvalue weighted by atomic mass is 10.2. The molecule has 0 saturated heterocycles. The fourth-order valence-corrected chi connectivity index (χ4v) is 1.83. The van der Waals surface area contributed by atoms with Gasteiger partial charge in [-0.2, -0.15) is 4.74 Å². The van der Waals surface area contributed by atoms with Gasteiger partial charge in [0.25, 0.3) is 0 Å². The molecule has 0 spiro atoms. The van der Waals surface area contributed by atoms with Crippen LogP contribution in [0.5, 0.6) is 0 Å². The lowest BCUT2D eigenvalue weighted by Crippen LogP contribution is -1.96. The minimum absolute atomic E-state index is 0.344.